The first-order valence-electron chi connectivity index (χ1n) is 10.4. The second-order valence-electron chi connectivity index (χ2n) is 7.64. The lowest BCUT2D eigenvalue weighted by molar-refractivity contribution is 0.0587. The minimum atomic E-state index is -3.87. The second-order valence-corrected chi connectivity index (χ2v) is 9.53. The van der Waals surface area contributed by atoms with Gasteiger partial charge in [-0.3, -0.25) is 4.79 Å². The van der Waals surface area contributed by atoms with Crippen LogP contribution in [-0.2, 0) is 21.3 Å². The van der Waals surface area contributed by atoms with Crippen molar-refractivity contribution < 1.29 is 22.7 Å². The van der Waals surface area contributed by atoms with E-state index < -0.39 is 22.0 Å². The van der Waals surface area contributed by atoms with Crippen LogP contribution in [0.5, 0.6) is 0 Å². The number of esters is 1. The van der Waals surface area contributed by atoms with Crippen LogP contribution < -0.4 is 0 Å². The molecule has 0 aliphatic heterocycles. The highest BCUT2D eigenvalue weighted by Crippen LogP contribution is 2.27. The zero-order valence-electron chi connectivity index (χ0n) is 19.4. The first kappa shape index (κ1) is 24.8. The topological polar surface area (TPSA) is 85.7 Å². The van der Waals surface area contributed by atoms with Gasteiger partial charge < -0.3 is 9.30 Å². The standard InChI is InChI=1S/C23H32N2O5S/c1-8-14-25(31(28,29)19-12-10-15(3)11-13-19)18(6)22(26)20-16(4)21(23(27)30-7)24(9-2)17(20)5/h10-13,18H,8-9,14H2,1-7H3/t18-/m1/s1. The van der Waals surface area contributed by atoms with Gasteiger partial charge in [0.05, 0.1) is 18.0 Å². The van der Waals surface area contributed by atoms with Crippen molar-refractivity contribution in [3.8, 4) is 0 Å². The molecule has 0 spiro atoms. The summed E-state index contributed by atoms with van der Waals surface area (Å²) in [4.78, 5) is 26.0. The summed E-state index contributed by atoms with van der Waals surface area (Å²) in [7, 11) is -2.58. The quantitative estimate of drug-likeness (QED) is 0.429. The fourth-order valence-corrected chi connectivity index (χ4v) is 5.63. The van der Waals surface area contributed by atoms with Gasteiger partial charge >= 0.3 is 5.97 Å². The maximum atomic E-state index is 13.6. The van der Waals surface area contributed by atoms with Crippen LogP contribution in [0.3, 0.4) is 0 Å². The molecule has 1 aromatic carbocycles. The second kappa shape index (κ2) is 9.78. The highest BCUT2D eigenvalue weighted by molar-refractivity contribution is 7.89. The minimum absolute atomic E-state index is 0.154. The number of Topliss-reactive ketones (excluding diaryl/α,β-unsaturated/α-hetero) is 1. The number of rotatable bonds is 9. The number of methoxy groups -OCH3 is 1. The van der Waals surface area contributed by atoms with E-state index in [0.717, 1.165) is 5.56 Å². The van der Waals surface area contributed by atoms with Crippen LogP contribution >= 0.6 is 0 Å². The minimum Gasteiger partial charge on any atom is -0.464 e. The number of aromatic nitrogens is 1. The van der Waals surface area contributed by atoms with Gasteiger partial charge in [0.15, 0.2) is 5.78 Å². The molecule has 2 aromatic rings. The van der Waals surface area contributed by atoms with Crippen LogP contribution in [0.2, 0.25) is 0 Å². The van der Waals surface area contributed by atoms with Gasteiger partial charge in [-0.05, 0) is 58.7 Å². The number of hydrogen-bond acceptors (Lipinski definition) is 5. The third-order valence-electron chi connectivity index (χ3n) is 5.59. The molecular weight excluding hydrogens is 416 g/mol. The van der Waals surface area contributed by atoms with Gasteiger partial charge in [0.2, 0.25) is 10.0 Å². The molecule has 0 fully saturated rings. The lowest BCUT2D eigenvalue weighted by atomic mass is 10.0. The number of sulfonamides is 1. The predicted octanol–water partition coefficient (Wildman–Crippen LogP) is 3.89. The van der Waals surface area contributed by atoms with Gasteiger partial charge in [0, 0.05) is 24.3 Å². The van der Waals surface area contributed by atoms with Crippen LogP contribution in [0.4, 0.5) is 0 Å². The molecule has 0 aliphatic rings. The summed E-state index contributed by atoms with van der Waals surface area (Å²) >= 11 is 0. The molecular formula is C23H32N2O5S. The normalized spacial score (nSPS) is 12.8. The Morgan fingerprint density at radius 1 is 1.10 bits per heavy atom. The molecule has 170 valence electrons. The van der Waals surface area contributed by atoms with Crippen LogP contribution in [-0.4, -0.2) is 48.7 Å². The summed E-state index contributed by atoms with van der Waals surface area (Å²) in [5.74, 6) is -0.858. The van der Waals surface area contributed by atoms with Gasteiger partial charge in [-0.15, -0.1) is 0 Å². The summed E-state index contributed by atoms with van der Waals surface area (Å²) in [6, 6.07) is 5.67. The Hall–Kier alpha value is -2.45. The maximum absolute atomic E-state index is 13.6. The zero-order chi connectivity index (χ0) is 23.5. The van der Waals surface area contributed by atoms with Crippen molar-refractivity contribution in [2.75, 3.05) is 13.7 Å². The van der Waals surface area contributed by atoms with E-state index in [-0.39, 0.29) is 17.2 Å². The van der Waals surface area contributed by atoms with Gasteiger partial charge in [0.25, 0.3) is 0 Å². The van der Waals surface area contributed by atoms with Crippen LogP contribution in [0.1, 0.15) is 64.9 Å². The predicted molar refractivity (Wildman–Crippen MR) is 120 cm³/mol. The van der Waals surface area contributed by atoms with Crippen molar-refractivity contribution in [3.05, 3.63) is 52.3 Å². The molecule has 0 aliphatic carbocycles. The van der Waals surface area contributed by atoms with Crippen molar-refractivity contribution in [3.63, 3.8) is 0 Å². The summed E-state index contributed by atoms with van der Waals surface area (Å²) in [5.41, 5.74) is 2.78. The summed E-state index contributed by atoms with van der Waals surface area (Å²) in [6.07, 6.45) is 0.560. The van der Waals surface area contributed by atoms with E-state index in [0.29, 0.717) is 35.5 Å². The van der Waals surface area contributed by atoms with E-state index in [1.807, 2.05) is 20.8 Å². The Kier molecular flexibility index (Phi) is 7.83. The van der Waals surface area contributed by atoms with Crippen molar-refractivity contribution in [1.29, 1.82) is 0 Å². The first-order chi connectivity index (χ1) is 14.5. The van der Waals surface area contributed by atoms with E-state index >= 15 is 0 Å². The summed E-state index contributed by atoms with van der Waals surface area (Å²) < 4.78 is 34.6. The molecule has 8 heteroatoms. The fourth-order valence-electron chi connectivity index (χ4n) is 3.94. The van der Waals surface area contributed by atoms with E-state index in [2.05, 4.69) is 0 Å². The smallest absolute Gasteiger partial charge is 0.354 e. The number of nitrogens with zero attached hydrogens (tertiary/aromatic N) is 2. The van der Waals surface area contributed by atoms with Crippen LogP contribution in [0, 0.1) is 20.8 Å². The van der Waals surface area contributed by atoms with Crippen LogP contribution in [0.25, 0.3) is 0 Å². The van der Waals surface area contributed by atoms with E-state index in [4.69, 9.17) is 4.74 Å². The van der Waals surface area contributed by atoms with Gasteiger partial charge in [0.1, 0.15) is 5.69 Å². The maximum Gasteiger partial charge on any atom is 0.354 e. The summed E-state index contributed by atoms with van der Waals surface area (Å²) in [6.45, 7) is 11.4. The fraction of sp³-hybridized carbons (Fsp3) is 0.478. The Morgan fingerprint density at radius 2 is 1.68 bits per heavy atom. The molecule has 1 heterocycles. The molecule has 31 heavy (non-hydrogen) atoms. The average molecular weight is 449 g/mol. The number of carbonyl (C=O) groups is 2. The number of benzene rings is 1. The third kappa shape index (κ3) is 4.60. The van der Waals surface area contributed by atoms with Crippen molar-refractivity contribution >= 4 is 21.8 Å². The molecule has 0 saturated carbocycles. The number of ketones is 1. The molecule has 0 saturated heterocycles. The monoisotopic (exact) mass is 448 g/mol. The molecule has 1 atom stereocenters. The SMILES string of the molecule is CCCN([C@H](C)C(=O)c1c(C)c(C(=O)OC)n(CC)c1C)S(=O)(=O)c1ccc(C)cc1. The van der Waals surface area contributed by atoms with Gasteiger partial charge in [-0.25, -0.2) is 13.2 Å². The number of aryl methyl sites for hydroxylation is 1. The highest BCUT2D eigenvalue weighted by atomic mass is 32.2. The molecule has 0 unspecified atom stereocenters. The number of hydrogen-bond donors (Lipinski definition) is 0. The lowest BCUT2D eigenvalue weighted by Crippen LogP contribution is -2.44. The third-order valence-corrected chi connectivity index (χ3v) is 7.58. The van der Waals surface area contributed by atoms with Gasteiger partial charge in [-0.2, -0.15) is 4.31 Å². The van der Waals surface area contributed by atoms with Crippen molar-refractivity contribution in [2.24, 2.45) is 0 Å². The largest absolute Gasteiger partial charge is 0.464 e. The van der Waals surface area contributed by atoms with Gasteiger partial charge in [-0.1, -0.05) is 24.6 Å². The Bertz CT molecular complexity index is 1070. The average Bonchev–Trinajstić information content (AvgIpc) is 2.99. The zero-order valence-corrected chi connectivity index (χ0v) is 20.2. The molecule has 2 rings (SSSR count). The van der Waals surface area contributed by atoms with Crippen molar-refractivity contribution in [2.45, 2.75) is 65.4 Å². The Labute approximate surface area is 185 Å². The Morgan fingerprint density at radius 3 is 2.16 bits per heavy atom. The number of carbonyl (C=O) groups excluding carboxylic acids is 2. The summed E-state index contributed by atoms with van der Waals surface area (Å²) in [5, 5.41) is 0. The van der Waals surface area contributed by atoms with E-state index in [9.17, 15) is 18.0 Å². The molecule has 1 aromatic heterocycles. The van der Waals surface area contributed by atoms with E-state index in [1.165, 1.54) is 11.4 Å². The molecule has 0 bridgehead atoms. The molecule has 0 N–H and O–H groups in total. The molecule has 7 nitrogen and oxygen atoms in total. The Balaban J connectivity index is 2.56. The first-order valence-corrected chi connectivity index (χ1v) is 11.9. The van der Waals surface area contributed by atoms with E-state index in [1.54, 1.807) is 49.6 Å². The lowest BCUT2D eigenvalue weighted by Gasteiger charge is -2.27. The van der Waals surface area contributed by atoms with Crippen molar-refractivity contribution in [1.82, 2.24) is 8.87 Å². The highest BCUT2D eigenvalue weighted by Gasteiger charge is 2.36. The number of ether oxygens (including phenoxy) is 1. The molecule has 0 amide bonds. The van der Waals surface area contributed by atoms with Crippen LogP contribution in [0.15, 0.2) is 29.2 Å². The molecule has 0 radical (unpaired) electrons.